The van der Waals surface area contributed by atoms with E-state index in [2.05, 4.69) is 20.9 Å². The fourth-order valence-electron chi connectivity index (χ4n) is 2.59. The molecule has 0 N–H and O–H groups in total. The molecular formula is C20H19BrN2O3S. The van der Waals surface area contributed by atoms with Crippen molar-refractivity contribution in [2.24, 2.45) is 0 Å². The number of thiazole rings is 1. The highest BCUT2D eigenvalue weighted by Crippen LogP contribution is 2.30. The third-order valence-electron chi connectivity index (χ3n) is 4.02. The van der Waals surface area contributed by atoms with E-state index in [1.54, 1.807) is 37.3 Å². The molecule has 3 aromatic rings. The predicted molar refractivity (Wildman–Crippen MR) is 112 cm³/mol. The first-order chi connectivity index (χ1) is 13.0. The molecule has 5 nitrogen and oxygen atoms in total. The third kappa shape index (κ3) is 4.31. The lowest BCUT2D eigenvalue weighted by Crippen LogP contribution is -2.30. The fourth-order valence-corrected chi connectivity index (χ4v) is 3.75. The molecule has 0 bridgehead atoms. The van der Waals surface area contributed by atoms with Crippen LogP contribution in [0.1, 0.15) is 17.3 Å². The zero-order valence-corrected chi connectivity index (χ0v) is 17.6. The molecule has 0 saturated heterocycles. The summed E-state index contributed by atoms with van der Waals surface area (Å²) in [5, 5.41) is 2.61. The van der Waals surface area contributed by atoms with Gasteiger partial charge in [-0.05, 0) is 31.2 Å². The zero-order valence-electron chi connectivity index (χ0n) is 15.2. The molecule has 1 heterocycles. The summed E-state index contributed by atoms with van der Waals surface area (Å²) in [5.74, 6) is 0.998. The quantitative estimate of drug-likeness (QED) is 0.518. The number of hydrogen-bond donors (Lipinski definition) is 0. The van der Waals surface area contributed by atoms with E-state index in [1.807, 2.05) is 36.6 Å². The Morgan fingerprint density at radius 3 is 2.30 bits per heavy atom. The van der Waals surface area contributed by atoms with Gasteiger partial charge in [-0.25, -0.2) is 4.98 Å². The Bertz CT molecular complexity index is 918. The van der Waals surface area contributed by atoms with Crippen molar-refractivity contribution in [3.63, 3.8) is 0 Å². The number of hydrogen-bond acceptors (Lipinski definition) is 5. The lowest BCUT2D eigenvalue weighted by molar-refractivity contribution is 0.0987. The molecule has 3 rings (SSSR count). The van der Waals surface area contributed by atoms with Crippen molar-refractivity contribution in [1.82, 2.24) is 4.98 Å². The van der Waals surface area contributed by atoms with Gasteiger partial charge in [-0.3, -0.25) is 9.69 Å². The van der Waals surface area contributed by atoms with Gasteiger partial charge in [0.2, 0.25) is 0 Å². The Morgan fingerprint density at radius 2 is 1.74 bits per heavy atom. The third-order valence-corrected chi connectivity index (χ3v) is 5.41. The molecule has 140 valence electrons. The number of ether oxygens (including phenoxy) is 2. The lowest BCUT2D eigenvalue weighted by atomic mass is 10.1. The molecule has 1 amide bonds. The second-order valence-corrected chi connectivity index (χ2v) is 7.43. The molecule has 0 fully saturated rings. The summed E-state index contributed by atoms with van der Waals surface area (Å²) in [6.45, 7) is 2.43. The van der Waals surface area contributed by atoms with Crippen LogP contribution >= 0.6 is 27.3 Å². The molecule has 0 atom stereocenters. The average Bonchev–Trinajstić information content (AvgIpc) is 3.18. The van der Waals surface area contributed by atoms with E-state index in [4.69, 9.17) is 9.47 Å². The number of carbonyl (C=O) groups excluding carboxylic acids is 1. The summed E-state index contributed by atoms with van der Waals surface area (Å²) in [6, 6.07) is 13.1. The van der Waals surface area contributed by atoms with Gasteiger partial charge >= 0.3 is 0 Å². The number of aromatic nitrogens is 1. The molecule has 0 spiro atoms. The van der Waals surface area contributed by atoms with Gasteiger partial charge in [-0.2, -0.15) is 0 Å². The SMILES string of the molecule is CCN(C(=O)c1cc(OC)cc(OC)c1)c1nc(-c2ccc(Br)cc2)cs1. The van der Waals surface area contributed by atoms with Crippen LogP contribution < -0.4 is 14.4 Å². The van der Waals surface area contributed by atoms with Crippen LogP contribution in [0.5, 0.6) is 11.5 Å². The second-order valence-electron chi connectivity index (χ2n) is 5.67. The number of amides is 1. The van der Waals surface area contributed by atoms with Gasteiger partial charge in [-0.1, -0.05) is 28.1 Å². The maximum absolute atomic E-state index is 13.1. The zero-order chi connectivity index (χ0) is 19.4. The second kappa shape index (κ2) is 8.54. The van der Waals surface area contributed by atoms with Gasteiger partial charge in [0.1, 0.15) is 11.5 Å². The van der Waals surface area contributed by atoms with Gasteiger partial charge in [0.15, 0.2) is 5.13 Å². The van der Waals surface area contributed by atoms with Crippen LogP contribution in [0.4, 0.5) is 5.13 Å². The maximum atomic E-state index is 13.1. The molecule has 27 heavy (non-hydrogen) atoms. The van der Waals surface area contributed by atoms with Crippen molar-refractivity contribution in [3.8, 4) is 22.8 Å². The molecule has 0 aliphatic carbocycles. The van der Waals surface area contributed by atoms with Crippen LogP contribution in [0, 0.1) is 0 Å². The van der Waals surface area contributed by atoms with Crippen molar-refractivity contribution < 1.29 is 14.3 Å². The summed E-state index contributed by atoms with van der Waals surface area (Å²) >= 11 is 4.88. The van der Waals surface area contributed by atoms with Crippen molar-refractivity contribution in [2.75, 3.05) is 25.7 Å². The average molecular weight is 447 g/mol. The fraction of sp³-hybridized carbons (Fsp3) is 0.200. The lowest BCUT2D eigenvalue weighted by Gasteiger charge is -2.18. The molecule has 0 aliphatic heterocycles. The van der Waals surface area contributed by atoms with Crippen LogP contribution in [-0.4, -0.2) is 31.7 Å². The Labute approximate surface area is 170 Å². The number of benzene rings is 2. The van der Waals surface area contributed by atoms with Gasteiger partial charge in [0, 0.05) is 33.6 Å². The first-order valence-electron chi connectivity index (χ1n) is 8.32. The highest BCUT2D eigenvalue weighted by Gasteiger charge is 2.21. The molecule has 1 aromatic heterocycles. The van der Waals surface area contributed by atoms with Gasteiger partial charge < -0.3 is 9.47 Å². The molecular weight excluding hydrogens is 428 g/mol. The Hall–Kier alpha value is -2.38. The number of anilines is 1. The summed E-state index contributed by atoms with van der Waals surface area (Å²) in [4.78, 5) is 19.4. The smallest absolute Gasteiger partial charge is 0.260 e. The molecule has 0 unspecified atom stereocenters. The number of nitrogens with zero attached hydrogens (tertiary/aromatic N) is 2. The van der Waals surface area contributed by atoms with Crippen molar-refractivity contribution in [2.45, 2.75) is 6.92 Å². The predicted octanol–water partition coefficient (Wildman–Crippen LogP) is 5.26. The van der Waals surface area contributed by atoms with E-state index in [0.717, 1.165) is 15.7 Å². The Morgan fingerprint density at radius 1 is 1.11 bits per heavy atom. The van der Waals surface area contributed by atoms with Crippen LogP contribution in [0.3, 0.4) is 0 Å². The van der Waals surface area contributed by atoms with Crippen molar-refractivity contribution in [1.29, 1.82) is 0 Å². The summed E-state index contributed by atoms with van der Waals surface area (Å²) < 4.78 is 11.6. The monoisotopic (exact) mass is 446 g/mol. The normalized spacial score (nSPS) is 10.5. The highest BCUT2D eigenvalue weighted by atomic mass is 79.9. The van der Waals surface area contributed by atoms with Gasteiger partial charge in [0.25, 0.3) is 5.91 Å². The minimum absolute atomic E-state index is 0.147. The molecule has 0 saturated carbocycles. The number of rotatable bonds is 6. The van der Waals surface area contributed by atoms with E-state index in [-0.39, 0.29) is 5.91 Å². The maximum Gasteiger partial charge on any atom is 0.260 e. The van der Waals surface area contributed by atoms with Crippen LogP contribution in [-0.2, 0) is 0 Å². The van der Waals surface area contributed by atoms with E-state index in [9.17, 15) is 4.79 Å². The van der Waals surface area contributed by atoms with E-state index in [0.29, 0.717) is 28.7 Å². The number of carbonyl (C=O) groups is 1. The van der Waals surface area contributed by atoms with Gasteiger partial charge in [0.05, 0.1) is 19.9 Å². The topological polar surface area (TPSA) is 51.7 Å². The summed E-state index contributed by atoms with van der Waals surface area (Å²) in [7, 11) is 3.12. The largest absolute Gasteiger partial charge is 0.497 e. The molecule has 7 heteroatoms. The standard InChI is InChI=1S/C20H19BrN2O3S/c1-4-23(19(24)14-9-16(25-2)11-17(10-14)26-3)20-22-18(12-27-20)13-5-7-15(21)8-6-13/h5-12H,4H2,1-3H3. The van der Waals surface area contributed by atoms with Crippen LogP contribution in [0.25, 0.3) is 11.3 Å². The first kappa shape index (κ1) is 19.4. The summed E-state index contributed by atoms with van der Waals surface area (Å²) in [5.41, 5.74) is 2.35. The van der Waals surface area contributed by atoms with E-state index in [1.165, 1.54) is 11.3 Å². The van der Waals surface area contributed by atoms with Gasteiger partial charge in [-0.15, -0.1) is 11.3 Å². The van der Waals surface area contributed by atoms with Crippen LogP contribution in [0.15, 0.2) is 52.3 Å². The summed E-state index contributed by atoms with van der Waals surface area (Å²) in [6.07, 6.45) is 0. The van der Waals surface area contributed by atoms with Crippen LogP contribution in [0.2, 0.25) is 0 Å². The van der Waals surface area contributed by atoms with E-state index < -0.39 is 0 Å². The molecule has 2 aromatic carbocycles. The number of methoxy groups -OCH3 is 2. The Kier molecular flexibility index (Phi) is 6.13. The number of halogens is 1. The minimum atomic E-state index is -0.147. The Balaban J connectivity index is 1.91. The first-order valence-corrected chi connectivity index (χ1v) is 9.99. The molecule has 0 radical (unpaired) electrons. The molecule has 0 aliphatic rings. The van der Waals surface area contributed by atoms with E-state index >= 15 is 0 Å². The minimum Gasteiger partial charge on any atom is -0.497 e. The van der Waals surface area contributed by atoms with Crippen molar-refractivity contribution >= 4 is 38.3 Å². The highest BCUT2D eigenvalue weighted by molar-refractivity contribution is 9.10. The van der Waals surface area contributed by atoms with Crippen molar-refractivity contribution in [3.05, 3.63) is 57.9 Å².